The Balaban J connectivity index is 2.81. The van der Waals surface area contributed by atoms with Crippen molar-refractivity contribution in [3.05, 3.63) is 35.9 Å². The van der Waals surface area contributed by atoms with Crippen LogP contribution in [0.25, 0.3) is 0 Å². The van der Waals surface area contributed by atoms with Gasteiger partial charge in [0.25, 0.3) is 0 Å². The number of hydrogen-bond acceptors (Lipinski definition) is 2. The Morgan fingerprint density at radius 1 is 1.20 bits per heavy atom. The highest BCUT2D eigenvalue weighted by molar-refractivity contribution is 6.00. The number of nitrogens with zero attached hydrogens (tertiary/aromatic N) is 1. The first-order valence-corrected chi connectivity index (χ1v) is 5.42. The third-order valence-electron chi connectivity index (χ3n) is 1.97. The molecule has 82 valence electrons. The third-order valence-corrected chi connectivity index (χ3v) is 1.97. The monoisotopic (exact) mass is 204 g/mol. The summed E-state index contributed by atoms with van der Waals surface area (Å²) in [6.45, 7) is 8.44. The second kappa shape index (κ2) is 4.96. The van der Waals surface area contributed by atoms with Gasteiger partial charge in [-0.3, -0.25) is 0 Å². The molecule has 0 heterocycles. The standard InChI is InChI=1S/C13H20N2/c1-5-12(14-15-13(2,3)4)11-9-7-6-8-10-11/h6-10,15H,5H2,1-4H3/b14-12+. The summed E-state index contributed by atoms with van der Waals surface area (Å²) in [7, 11) is 0. The predicted molar refractivity (Wildman–Crippen MR) is 66.2 cm³/mol. The Morgan fingerprint density at radius 2 is 1.80 bits per heavy atom. The average molecular weight is 204 g/mol. The number of hydrogen-bond donors (Lipinski definition) is 1. The highest BCUT2D eigenvalue weighted by Gasteiger charge is 2.08. The van der Waals surface area contributed by atoms with Crippen LogP contribution in [0, 0.1) is 0 Å². The van der Waals surface area contributed by atoms with Crippen molar-refractivity contribution in [2.45, 2.75) is 39.7 Å². The summed E-state index contributed by atoms with van der Waals surface area (Å²) in [6, 6.07) is 10.3. The van der Waals surface area contributed by atoms with Gasteiger partial charge in [-0.05, 0) is 32.8 Å². The quantitative estimate of drug-likeness (QED) is 0.593. The van der Waals surface area contributed by atoms with Crippen LogP contribution >= 0.6 is 0 Å². The van der Waals surface area contributed by atoms with Crippen molar-refractivity contribution >= 4 is 5.71 Å². The second-order valence-electron chi connectivity index (χ2n) is 4.64. The van der Waals surface area contributed by atoms with E-state index in [-0.39, 0.29) is 5.54 Å². The first-order valence-electron chi connectivity index (χ1n) is 5.42. The van der Waals surface area contributed by atoms with Gasteiger partial charge in [-0.25, -0.2) is 0 Å². The van der Waals surface area contributed by atoms with Gasteiger partial charge in [-0.1, -0.05) is 37.3 Å². The van der Waals surface area contributed by atoms with Crippen LogP contribution in [0.2, 0.25) is 0 Å². The van der Waals surface area contributed by atoms with E-state index < -0.39 is 0 Å². The lowest BCUT2D eigenvalue weighted by Crippen LogP contribution is -2.32. The molecule has 0 unspecified atom stereocenters. The van der Waals surface area contributed by atoms with Gasteiger partial charge in [0.1, 0.15) is 0 Å². The Hall–Kier alpha value is -1.31. The van der Waals surface area contributed by atoms with Crippen LogP contribution in [0.3, 0.4) is 0 Å². The van der Waals surface area contributed by atoms with Gasteiger partial charge in [-0.2, -0.15) is 5.10 Å². The summed E-state index contributed by atoms with van der Waals surface area (Å²) in [5.41, 5.74) is 5.48. The Kier molecular flexibility index (Phi) is 3.89. The number of benzene rings is 1. The fraction of sp³-hybridized carbons (Fsp3) is 0.462. The maximum absolute atomic E-state index is 4.45. The third kappa shape index (κ3) is 4.15. The lowest BCUT2D eigenvalue weighted by molar-refractivity contribution is 0.440. The van der Waals surface area contributed by atoms with E-state index in [0.717, 1.165) is 12.1 Å². The molecule has 2 nitrogen and oxygen atoms in total. The molecule has 0 saturated carbocycles. The first-order chi connectivity index (χ1) is 7.03. The zero-order valence-corrected chi connectivity index (χ0v) is 10.0. The number of nitrogens with one attached hydrogen (secondary N) is 1. The summed E-state index contributed by atoms with van der Waals surface area (Å²) in [5.74, 6) is 0. The van der Waals surface area contributed by atoms with Crippen LogP contribution in [-0.2, 0) is 0 Å². The molecule has 0 spiro atoms. The fourth-order valence-electron chi connectivity index (χ4n) is 1.21. The SMILES string of the molecule is CC/C(=N\NC(C)(C)C)c1ccccc1. The molecular formula is C13H20N2. The average Bonchev–Trinajstić information content (AvgIpc) is 2.19. The lowest BCUT2D eigenvalue weighted by atomic mass is 10.1. The van der Waals surface area contributed by atoms with Gasteiger partial charge < -0.3 is 5.43 Å². The second-order valence-corrected chi connectivity index (χ2v) is 4.64. The van der Waals surface area contributed by atoms with Crippen molar-refractivity contribution < 1.29 is 0 Å². The summed E-state index contributed by atoms with van der Waals surface area (Å²) in [6.07, 6.45) is 0.938. The summed E-state index contributed by atoms with van der Waals surface area (Å²) in [4.78, 5) is 0. The van der Waals surface area contributed by atoms with Crippen molar-refractivity contribution in [1.82, 2.24) is 5.43 Å². The maximum atomic E-state index is 4.45. The molecule has 1 aromatic rings. The van der Waals surface area contributed by atoms with Gasteiger partial charge in [0.15, 0.2) is 0 Å². The van der Waals surface area contributed by atoms with Crippen molar-refractivity contribution in [2.24, 2.45) is 5.10 Å². The smallest absolute Gasteiger partial charge is 0.0672 e. The number of rotatable bonds is 3. The first kappa shape index (κ1) is 11.8. The van der Waals surface area contributed by atoms with E-state index in [1.165, 1.54) is 5.56 Å². The Bertz CT molecular complexity index is 320. The Morgan fingerprint density at radius 3 is 2.27 bits per heavy atom. The molecule has 0 aromatic heterocycles. The predicted octanol–water partition coefficient (Wildman–Crippen LogP) is 3.19. The maximum Gasteiger partial charge on any atom is 0.0672 e. The molecule has 0 aliphatic heterocycles. The van der Waals surface area contributed by atoms with E-state index in [1.54, 1.807) is 0 Å². The van der Waals surface area contributed by atoms with E-state index in [4.69, 9.17) is 0 Å². The molecule has 15 heavy (non-hydrogen) atoms. The molecule has 0 aliphatic rings. The largest absolute Gasteiger partial charge is 0.305 e. The van der Waals surface area contributed by atoms with Gasteiger partial charge in [-0.15, -0.1) is 0 Å². The van der Waals surface area contributed by atoms with E-state index in [2.05, 4.69) is 50.4 Å². The topological polar surface area (TPSA) is 24.4 Å². The van der Waals surface area contributed by atoms with Gasteiger partial charge in [0.2, 0.25) is 0 Å². The van der Waals surface area contributed by atoms with Gasteiger partial charge in [0, 0.05) is 5.54 Å². The molecule has 1 rings (SSSR count). The highest BCUT2D eigenvalue weighted by atomic mass is 15.3. The number of hydrazone groups is 1. The highest BCUT2D eigenvalue weighted by Crippen LogP contribution is 2.05. The van der Waals surface area contributed by atoms with Crippen LogP contribution in [-0.4, -0.2) is 11.3 Å². The molecule has 0 saturated heterocycles. The summed E-state index contributed by atoms with van der Waals surface area (Å²) in [5, 5.41) is 4.45. The van der Waals surface area contributed by atoms with E-state index >= 15 is 0 Å². The molecular weight excluding hydrogens is 184 g/mol. The molecule has 0 fully saturated rings. The van der Waals surface area contributed by atoms with Crippen molar-refractivity contribution in [2.75, 3.05) is 0 Å². The van der Waals surface area contributed by atoms with Crippen LogP contribution in [0.4, 0.5) is 0 Å². The van der Waals surface area contributed by atoms with Crippen LogP contribution in [0.15, 0.2) is 35.4 Å². The Labute approximate surface area is 92.4 Å². The van der Waals surface area contributed by atoms with E-state index in [0.29, 0.717) is 0 Å². The van der Waals surface area contributed by atoms with Crippen LogP contribution < -0.4 is 5.43 Å². The summed E-state index contributed by atoms with van der Waals surface area (Å²) >= 11 is 0. The summed E-state index contributed by atoms with van der Waals surface area (Å²) < 4.78 is 0. The molecule has 0 amide bonds. The van der Waals surface area contributed by atoms with Crippen molar-refractivity contribution in [1.29, 1.82) is 0 Å². The molecule has 0 aliphatic carbocycles. The van der Waals surface area contributed by atoms with Crippen LogP contribution in [0.1, 0.15) is 39.7 Å². The minimum atomic E-state index is 0.0230. The molecule has 0 bridgehead atoms. The lowest BCUT2D eigenvalue weighted by Gasteiger charge is -2.18. The zero-order chi connectivity index (χ0) is 11.3. The molecule has 2 heteroatoms. The molecule has 0 atom stereocenters. The van der Waals surface area contributed by atoms with Crippen LogP contribution in [0.5, 0.6) is 0 Å². The molecule has 1 aromatic carbocycles. The van der Waals surface area contributed by atoms with Crippen molar-refractivity contribution in [3.63, 3.8) is 0 Å². The molecule has 1 N–H and O–H groups in total. The van der Waals surface area contributed by atoms with Gasteiger partial charge >= 0.3 is 0 Å². The zero-order valence-electron chi connectivity index (χ0n) is 10.0. The minimum Gasteiger partial charge on any atom is -0.305 e. The van der Waals surface area contributed by atoms with E-state index in [9.17, 15) is 0 Å². The van der Waals surface area contributed by atoms with E-state index in [1.807, 2.05) is 18.2 Å². The van der Waals surface area contributed by atoms with Crippen molar-refractivity contribution in [3.8, 4) is 0 Å². The molecule has 0 radical (unpaired) electrons. The van der Waals surface area contributed by atoms with Gasteiger partial charge in [0.05, 0.1) is 5.71 Å². The fourth-order valence-corrected chi connectivity index (χ4v) is 1.21. The normalized spacial score (nSPS) is 12.7. The minimum absolute atomic E-state index is 0.0230.